The Morgan fingerprint density at radius 1 is 0.926 bits per heavy atom. The molecule has 0 bridgehead atoms. The minimum Gasteiger partial charge on any atom is -0.299 e. The summed E-state index contributed by atoms with van der Waals surface area (Å²) in [7, 11) is 0. The summed E-state index contributed by atoms with van der Waals surface area (Å²) in [5.74, 6) is 0.673. The van der Waals surface area contributed by atoms with E-state index < -0.39 is 0 Å². The molecule has 0 spiro atoms. The molecule has 1 aliphatic rings. The summed E-state index contributed by atoms with van der Waals surface area (Å²) in [5.41, 5.74) is 6.60. The van der Waals surface area contributed by atoms with Crippen LogP contribution in [0.1, 0.15) is 46.8 Å². The highest BCUT2D eigenvalue weighted by Crippen LogP contribution is 2.29. The average Bonchev–Trinajstić information content (AvgIpc) is 2.97. The van der Waals surface area contributed by atoms with Gasteiger partial charge in [-0.2, -0.15) is 5.10 Å². The second-order valence-electron chi connectivity index (χ2n) is 7.62. The third-order valence-corrected chi connectivity index (χ3v) is 5.85. The smallest absolute Gasteiger partial charge is 0.0662 e. The lowest BCUT2D eigenvalue weighted by Gasteiger charge is -2.32. The molecule has 27 heavy (non-hydrogen) atoms. The molecule has 140 valence electrons. The molecule has 0 unspecified atom stereocenters. The zero-order valence-corrected chi connectivity index (χ0v) is 16.3. The van der Waals surface area contributed by atoms with Crippen LogP contribution in [-0.4, -0.2) is 32.8 Å². The van der Waals surface area contributed by atoms with Crippen LogP contribution in [0.3, 0.4) is 0 Å². The molecule has 0 N–H and O–H groups in total. The first kappa shape index (κ1) is 17.9. The zero-order chi connectivity index (χ0) is 18.6. The maximum Gasteiger partial charge on any atom is 0.0662 e. The quantitative estimate of drug-likeness (QED) is 0.679. The summed E-state index contributed by atoms with van der Waals surface area (Å²) < 4.78 is 2.16. The maximum absolute atomic E-state index is 4.82. The molecule has 3 heterocycles. The minimum absolute atomic E-state index is 0.673. The van der Waals surface area contributed by atoms with Gasteiger partial charge in [0.2, 0.25) is 0 Å². The number of rotatable bonds is 5. The number of nitrogens with zero attached hydrogens (tertiary/aromatic N) is 4. The molecule has 4 heteroatoms. The van der Waals surface area contributed by atoms with Crippen molar-refractivity contribution in [3.8, 4) is 0 Å². The lowest BCUT2D eigenvalue weighted by atomic mass is 9.90. The number of hydrogen-bond acceptors (Lipinski definition) is 3. The topological polar surface area (TPSA) is 34.0 Å². The van der Waals surface area contributed by atoms with Gasteiger partial charge < -0.3 is 0 Å². The lowest BCUT2D eigenvalue weighted by molar-refractivity contribution is 0.204. The van der Waals surface area contributed by atoms with Gasteiger partial charge in [-0.05, 0) is 69.0 Å². The van der Waals surface area contributed by atoms with Crippen LogP contribution in [0.5, 0.6) is 0 Å². The maximum atomic E-state index is 4.82. The zero-order valence-electron chi connectivity index (χ0n) is 16.3. The van der Waals surface area contributed by atoms with Crippen LogP contribution < -0.4 is 0 Å². The van der Waals surface area contributed by atoms with Crippen LogP contribution >= 0.6 is 0 Å². The molecule has 0 radical (unpaired) electrons. The number of aromatic nitrogens is 3. The van der Waals surface area contributed by atoms with Gasteiger partial charge in [0.15, 0.2) is 0 Å². The molecule has 0 saturated carbocycles. The average molecular weight is 361 g/mol. The van der Waals surface area contributed by atoms with E-state index in [9.17, 15) is 0 Å². The van der Waals surface area contributed by atoms with Gasteiger partial charge in [-0.1, -0.05) is 30.3 Å². The molecular formula is C23H28N4. The summed E-state index contributed by atoms with van der Waals surface area (Å²) in [6.07, 6.45) is 6.27. The fraction of sp³-hybridized carbons (Fsp3) is 0.391. The SMILES string of the molecule is Cc1nn(Cc2ccccc2)c(C)c1CN1CCC(c2ccncc2)CC1. The van der Waals surface area contributed by atoms with E-state index in [2.05, 4.69) is 70.9 Å². The molecule has 1 saturated heterocycles. The van der Waals surface area contributed by atoms with Gasteiger partial charge >= 0.3 is 0 Å². The van der Waals surface area contributed by atoms with Crippen LogP contribution in [-0.2, 0) is 13.1 Å². The van der Waals surface area contributed by atoms with Crippen LogP contribution in [0.2, 0.25) is 0 Å². The fourth-order valence-corrected chi connectivity index (χ4v) is 4.16. The van der Waals surface area contributed by atoms with E-state index in [0.717, 1.165) is 26.2 Å². The van der Waals surface area contributed by atoms with Crippen molar-refractivity contribution in [1.82, 2.24) is 19.7 Å². The van der Waals surface area contributed by atoms with Crippen molar-refractivity contribution in [1.29, 1.82) is 0 Å². The van der Waals surface area contributed by atoms with Crippen molar-refractivity contribution in [2.24, 2.45) is 0 Å². The summed E-state index contributed by atoms with van der Waals surface area (Å²) in [6.45, 7) is 8.51. The molecular weight excluding hydrogens is 332 g/mol. The molecule has 0 aliphatic carbocycles. The standard InChI is InChI=1S/C23H28N4/c1-18-23(19(2)27(25-18)16-20-6-4-3-5-7-20)17-26-14-10-22(11-15-26)21-8-12-24-13-9-21/h3-9,12-13,22H,10-11,14-17H2,1-2H3. The Balaban J connectivity index is 1.40. The largest absolute Gasteiger partial charge is 0.299 e. The van der Waals surface area contributed by atoms with E-state index >= 15 is 0 Å². The fourth-order valence-electron chi connectivity index (χ4n) is 4.16. The molecule has 1 aliphatic heterocycles. The van der Waals surface area contributed by atoms with Crippen molar-refractivity contribution >= 4 is 0 Å². The van der Waals surface area contributed by atoms with Crippen molar-refractivity contribution < 1.29 is 0 Å². The van der Waals surface area contributed by atoms with Gasteiger partial charge in [0.05, 0.1) is 12.2 Å². The normalized spacial score (nSPS) is 15.9. The van der Waals surface area contributed by atoms with E-state index in [1.54, 1.807) is 0 Å². The summed E-state index contributed by atoms with van der Waals surface area (Å²) >= 11 is 0. The van der Waals surface area contributed by atoms with Gasteiger partial charge in [-0.15, -0.1) is 0 Å². The minimum atomic E-state index is 0.673. The number of aryl methyl sites for hydroxylation is 1. The molecule has 2 aromatic heterocycles. The Labute approximate surface area is 161 Å². The Morgan fingerprint density at radius 2 is 1.63 bits per heavy atom. The number of hydrogen-bond donors (Lipinski definition) is 0. The first-order valence-electron chi connectivity index (χ1n) is 9.90. The van der Waals surface area contributed by atoms with Gasteiger partial charge in [0.25, 0.3) is 0 Å². The first-order chi connectivity index (χ1) is 13.2. The predicted molar refractivity (Wildman–Crippen MR) is 109 cm³/mol. The highest BCUT2D eigenvalue weighted by atomic mass is 15.3. The number of piperidine rings is 1. The number of likely N-dealkylation sites (tertiary alicyclic amines) is 1. The van der Waals surface area contributed by atoms with Crippen molar-refractivity contribution in [3.63, 3.8) is 0 Å². The molecule has 4 rings (SSSR count). The second kappa shape index (κ2) is 8.05. The molecule has 0 atom stereocenters. The number of benzene rings is 1. The Bertz CT molecular complexity index is 862. The molecule has 4 nitrogen and oxygen atoms in total. The summed E-state index contributed by atoms with van der Waals surface area (Å²) in [4.78, 5) is 6.73. The van der Waals surface area contributed by atoms with E-state index in [1.807, 2.05) is 12.4 Å². The van der Waals surface area contributed by atoms with Crippen molar-refractivity contribution in [2.45, 2.75) is 45.7 Å². The predicted octanol–water partition coefficient (Wildman–Crippen LogP) is 4.32. The Morgan fingerprint density at radius 3 is 2.33 bits per heavy atom. The molecule has 0 amide bonds. The van der Waals surface area contributed by atoms with Crippen LogP contribution in [0.4, 0.5) is 0 Å². The monoisotopic (exact) mass is 360 g/mol. The third-order valence-electron chi connectivity index (χ3n) is 5.85. The summed E-state index contributed by atoms with van der Waals surface area (Å²) in [6, 6.07) is 14.9. The van der Waals surface area contributed by atoms with Crippen LogP contribution in [0.15, 0.2) is 54.9 Å². The Kier molecular flexibility index (Phi) is 5.35. The van der Waals surface area contributed by atoms with Gasteiger partial charge in [0.1, 0.15) is 0 Å². The highest BCUT2D eigenvalue weighted by molar-refractivity contribution is 5.26. The lowest BCUT2D eigenvalue weighted by Crippen LogP contribution is -2.32. The number of pyridine rings is 1. The van der Waals surface area contributed by atoms with Gasteiger partial charge in [-0.25, -0.2) is 0 Å². The third kappa shape index (κ3) is 4.11. The molecule has 1 aromatic carbocycles. The van der Waals surface area contributed by atoms with E-state index in [0.29, 0.717) is 5.92 Å². The Hall–Kier alpha value is -2.46. The molecule has 3 aromatic rings. The van der Waals surface area contributed by atoms with E-state index in [-0.39, 0.29) is 0 Å². The summed E-state index contributed by atoms with van der Waals surface area (Å²) in [5, 5.41) is 4.82. The second-order valence-corrected chi connectivity index (χ2v) is 7.62. The van der Waals surface area contributed by atoms with Gasteiger partial charge in [-0.3, -0.25) is 14.6 Å². The van der Waals surface area contributed by atoms with E-state index in [4.69, 9.17) is 5.10 Å². The first-order valence-corrected chi connectivity index (χ1v) is 9.90. The molecule has 1 fully saturated rings. The van der Waals surface area contributed by atoms with Gasteiger partial charge in [0, 0.05) is 30.2 Å². The van der Waals surface area contributed by atoms with Crippen LogP contribution in [0, 0.1) is 13.8 Å². The highest BCUT2D eigenvalue weighted by Gasteiger charge is 2.22. The van der Waals surface area contributed by atoms with Crippen molar-refractivity contribution in [2.75, 3.05) is 13.1 Å². The van der Waals surface area contributed by atoms with E-state index in [1.165, 1.54) is 40.9 Å². The van der Waals surface area contributed by atoms with Crippen molar-refractivity contribution in [3.05, 3.63) is 82.9 Å². The van der Waals surface area contributed by atoms with Crippen LogP contribution in [0.25, 0.3) is 0 Å².